The first kappa shape index (κ1) is 19.7. The summed E-state index contributed by atoms with van der Waals surface area (Å²) in [7, 11) is 3.26. The van der Waals surface area contributed by atoms with E-state index < -0.39 is 0 Å². The molecule has 0 aliphatic carbocycles. The van der Waals surface area contributed by atoms with Gasteiger partial charge in [0.25, 0.3) is 5.91 Å². The second kappa shape index (κ2) is 9.79. The highest BCUT2D eigenvalue weighted by molar-refractivity contribution is 6.32. The molecule has 0 saturated heterocycles. The van der Waals surface area contributed by atoms with Gasteiger partial charge in [-0.2, -0.15) is 4.98 Å². The van der Waals surface area contributed by atoms with Crippen LogP contribution in [0.25, 0.3) is 0 Å². The lowest BCUT2D eigenvalue weighted by molar-refractivity contribution is 0.0953. The zero-order valence-electron chi connectivity index (χ0n) is 15.0. The van der Waals surface area contributed by atoms with Gasteiger partial charge in [0.05, 0.1) is 19.0 Å². The summed E-state index contributed by atoms with van der Waals surface area (Å²) in [6.07, 6.45) is 1.50. The van der Waals surface area contributed by atoms with Gasteiger partial charge in [-0.15, -0.1) is 0 Å². The van der Waals surface area contributed by atoms with Crippen LogP contribution in [0.4, 0.5) is 17.5 Å². The van der Waals surface area contributed by atoms with E-state index in [0.29, 0.717) is 40.3 Å². The molecule has 0 aliphatic rings. The molecule has 0 atom stereocenters. The summed E-state index contributed by atoms with van der Waals surface area (Å²) in [5.41, 5.74) is 1.15. The van der Waals surface area contributed by atoms with E-state index >= 15 is 0 Å². The molecule has 140 valence electrons. The van der Waals surface area contributed by atoms with Crippen LogP contribution in [0.15, 0.2) is 24.4 Å². The lowest BCUT2D eigenvalue weighted by Gasteiger charge is -2.13. The molecule has 0 unspecified atom stereocenters. The first-order valence-electron chi connectivity index (χ1n) is 8.23. The molecule has 4 N–H and O–H groups in total. The van der Waals surface area contributed by atoms with E-state index in [4.69, 9.17) is 16.3 Å². The molecule has 0 radical (unpaired) electrons. The van der Waals surface area contributed by atoms with Gasteiger partial charge in [0.2, 0.25) is 5.95 Å². The molecule has 1 amide bonds. The number of halogens is 1. The third-order valence-corrected chi connectivity index (χ3v) is 3.81. The van der Waals surface area contributed by atoms with Crippen molar-refractivity contribution in [3.05, 3.63) is 35.0 Å². The van der Waals surface area contributed by atoms with Crippen molar-refractivity contribution in [2.24, 2.45) is 0 Å². The van der Waals surface area contributed by atoms with Crippen LogP contribution in [-0.2, 0) is 0 Å². The average molecular weight is 379 g/mol. The number of rotatable bonds is 9. The molecule has 1 aromatic carbocycles. The molecule has 0 aliphatic heterocycles. The summed E-state index contributed by atoms with van der Waals surface area (Å²) in [4.78, 5) is 20.6. The Bertz CT molecular complexity index is 756. The van der Waals surface area contributed by atoms with Crippen LogP contribution in [0.2, 0.25) is 5.02 Å². The number of anilines is 3. The number of nitrogens with one attached hydrogen (secondary N) is 4. The molecule has 1 heterocycles. The molecule has 0 bridgehead atoms. The fourth-order valence-electron chi connectivity index (χ4n) is 2.20. The predicted octanol–water partition coefficient (Wildman–Crippen LogP) is 2.26. The minimum absolute atomic E-state index is 0.159. The van der Waals surface area contributed by atoms with Gasteiger partial charge in [-0.3, -0.25) is 4.79 Å². The molecule has 26 heavy (non-hydrogen) atoms. The van der Waals surface area contributed by atoms with E-state index in [-0.39, 0.29) is 5.91 Å². The molecule has 2 aromatic rings. The number of aromatic nitrogens is 2. The van der Waals surface area contributed by atoms with E-state index in [1.807, 2.05) is 6.92 Å². The van der Waals surface area contributed by atoms with Crippen molar-refractivity contribution in [2.75, 3.05) is 44.4 Å². The molecule has 8 nitrogen and oxygen atoms in total. The van der Waals surface area contributed by atoms with Crippen molar-refractivity contribution < 1.29 is 9.53 Å². The van der Waals surface area contributed by atoms with Crippen molar-refractivity contribution in [3.63, 3.8) is 0 Å². The molecular formula is C17H23ClN6O2. The maximum absolute atomic E-state index is 12.2. The maximum Gasteiger partial charge on any atom is 0.251 e. The standard InChI is InChI=1S/C17H23ClN6O2/c1-4-20-7-8-21-16(25)11-5-6-13(14(9-11)26-3)23-17-22-10-12(18)15(19-2)24-17/h5-6,9-10,20H,4,7-8H2,1-3H3,(H,21,25)(H2,19,22,23,24). The van der Waals surface area contributed by atoms with Gasteiger partial charge in [-0.25, -0.2) is 4.98 Å². The van der Waals surface area contributed by atoms with Gasteiger partial charge in [-0.05, 0) is 24.7 Å². The van der Waals surface area contributed by atoms with Crippen molar-refractivity contribution in [2.45, 2.75) is 6.92 Å². The van der Waals surface area contributed by atoms with Gasteiger partial charge >= 0.3 is 0 Å². The number of amides is 1. The van der Waals surface area contributed by atoms with Crippen molar-refractivity contribution in [1.29, 1.82) is 0 Å². The maximum atomic E-state index is 12.2. The molecular weight excluding hydrogens is 356 g/mol. The van der Waals surface area contributed by atoms with Crippen LogP contribution in [0.1, 0.15) is 17.3 Å². The van der Waals surface area contributed by atoms with E-state index in [0.717, 1.165) is 13.1 Å². The number of hydrogen-bond acceptors (Lipinski definition) is 7. The highest BCUT2D eigenvalue weighted by Gasteiger charge is 2.12. The van der Waals surface area contributed by atoms with Gasteiger partial charge in [0.15, 0.2) is 0 Å². The number of nitrogens with zero attached hydrogens (tertiary/aromatic N) is 2. The van der Waals surface area contributed by atoms with Crippen LogP contribution in [0.5, 0.6) is 5.75 Å². The second-order valence-electron chi connectivity index (χ2n) is 5.29. The predicted molar refractivity (Wildman–Crippen MR) is 104 cm³/mol. The van der Waals surface area contributed by atoms with Crippen LogP contribution in [0, 0.1) is 0 Å². The Morgan fingerprint density at radius 3 is 2.81 bits per heavy atom. The Morgan fingerprint density at radius 1 is 1.31 bits per heavy atom. The number of methoxy groups -OCH3 is 1. The zero-order chi connectivity index (χ0) is 18.9. The SMILES string of the molecule is CCNCCNC(=O)c1ccc(Nc2ncc(Cl)c(NC)n2)c(OC)c1. The quantitative estimate of drug-likeness (QED) is 0.496. The lowest BCUT2D eigenvalue weighted by atomic mass is 10.1. The highest BCUT2D eigenvalue weighted by Crippen LogP contribution is 2.28. The van der Waals surface area contributed by atoms with Crippen LogP contribution in [-0.4, -0.2) is 49.7 Å². The third kappa shape index (κ3) is 5.21. The summed E-state index contributed by atoms with van der Waals surface area (Å²) in [5, 5.41) is 12.4. The van der Waals surface area contributed by atoms with E-state index in [1.54, 1.807) is 25.2 Å². The number of carbonyl (C=O) groups excluding carboxylic acids is 1. The first-order valence-corrected chi connectivity index (χ1v) is 8.61. The molecule has 0 saturated carbocycles. The number of carbonyl (C=O) groups is 1. The minimum atomic E-state index is -0.159. The summed E-state index contributed by atoms with van der Waals surface area (Å²) >= 11 is 5.99. The second-order valence-corrected chi connectivity index (χ2v) is 5.70. The average Bonchev–Trinajstić information content (AvgIpc) is 2.66. The Hall–Kier alpha value is -2.58. The number of ether oxygens (including phenoxy) is 1. The number of likely N-dealkylation sites (N-methyl/N-ethyl adjacent to an activating group) is 1. The Morgan fingerprint density at radius 2 is 2.12 bits per heavy atom. The molecule has 0 spiro atoms. The first-order chi connectivity index (χ1) is 12.6. The van der Waals surface area contributed by atoms with Crippen molar-refractivity contribution in [3.8, 4) is 5.75 Å². The molecule has 0 fully saturated rings. The molecule has 2 rings (SSSR count). The number of benzene rings is 1. The summed E-state index contributed by atoms with van der Waals surface area (Å²) in [6.45, 7) is 4.16. The van der Waals surface area contributed by atoms with E-state index in [9.17, 15) is 4.79 Å². The lowest BCUT2D eigenvalue weighted by Crippen LogP contribution is -2.31. The fourth-order valence-corrected chi connectivity index (χ4v) is 2.39. The van der Waals surface area contributed by atoms with Crippen molar-refractivity contribution in [1.82, 2.24) is 20.6 Å². The Labute approximate surface area is 157 Å². The van der Waals surface area contributed by atoms with E-state index in [2.05, 4.69) is 31.2 Å². The smallest absolute Gasteiger partial charge is 0.251 e. The zero-order valence-corrected chi connectivity index (χ0v) is 15.8. The van der Waals surface area contributed by atoms with Gasteiger partial charge in [0.1, 0.15) is 16.6 Å². The topological polar surface area (TPSA) is 100 Å². The Kier molecular flexibility index (Phi) is 7.43. The van der Waals surface area contributed by atoms with E-state index in [1.165, 1.54) is 13.3 Å². The van der Waals surface area contributed by atoms with Crippen molar-refractivity contribution >= 4 is 35.0 Å². The van der Waals surface area contributed by atoms with Gasteiger partial charge in [-0.1, -0.05) is 18.5 Å². The van der Waals surface area contributed by atoms with Crippen LogP contribution >= 0.6 is 11.6 Å². The third-order valence-electron chi connectivity index (χ3n) is 3.53. The largest absolute Gasteiger partial charge is 0.495 e. The Balaban J connectivity index is 2.12. The summed E-state index contributed by atoms with van der Waals surface area (Å²) < 4.78 is 5.38. The van der Waals surface area contributed by atoms with Gasteiger partial charge < -0.3 is 26.0 Å². The van der Waals surface area contributed by atoms with Crippen LogP contribution in [0.3, 0.4) is 0 Å². The fraction of sp³-hybridized carbons (Fsp3) is 0.353. The number of hydrogen-bond donors (Lipinski definition) is 4. The molecule has 9 heteroatoms. The monoisotopic (exact) mass is 378 g/mol. The normalized spacial score (nSPS) is 10.3. The molecule has 1 aromatic heterocycles. The highest BCUT2D eigenvalue weighted by atomic mass is 35.5. The summed E-state index contributed by atoms with van der Waals surface area (Å²) in [5.74, 6) is 1.22. The summed E-state index contributed by atoms with van der Waals surface area (Å²) in [6, 6.07) is 5.12. The minimum Gasteiger partial charge on any atom is -0.495 e. The van der Waals surface area contributed by atoms with Gasteiger partial charge in [0, 0.05) is 25.7 Å². The van der Waals surface area contributed by atoms with Crippen LogP contribution < -0.4 is 26.0 Å².